The molecule has 94 valence electrons. The smallest absolute Gasteiger partial charge is 0.125 e. The van der Waals surface area contributed by atoms with E-state index in [0.29, 0.717) is 12.2 Å². The number of nitrogens with two attached hydrogens (primary N) is 1. The first-order valence-electron chi connectivity index (χ1n) is 5.63. The zero-order chi connectivity index (χ0) is 12.8. The minimum Gasteiger partial charge on any atom is -0.384 e. The molecule has 0 fully saturated rings. The maximum Gasteiger partial charge on any atom is 0.125 e. The van der Waals surface area contributed by atoms with Gasteiger partial charge in [-0.3, -0.25) is 10.4 Å². The monoisotopic (exact) mass is 236 g/mol. The predicted octanol–water partition coefficient (Wildman–Crippen LogP) is 1.23. The highest BCUT2D eigenvalue weighted by Gasteiger charge is 2.09. The number of likely N-dealkylation sites (N-methyl/N-ethyl adjacent to an activating group) is 1. The Bertz CT molecular complexity index is 379. The molecule has 0 bridgehead atoms. The third kappa shape index (κ3) is 4.03. The van der Waals surface area contributed by atoms with E-state index in [1.165, 1.54) is 0 Å². The average molecular weight is 236 g/mol. The number of nitrogen functional groups attached to an aromatic ring is 1. The van der Waals surface area contributed by atoms with Gasteiger partial charge in [-0.25, -0.2) is 0 Å². The lowest BCUT2D eigenvalue weighted by Crippen LogP contribution is -2.27. The van der Waals surface area contributed by atoms with Crippen molar-refractivity contribution in [2.45, 2.75) is 20.0 Å². The standard InChI is InChI=1S/C12H20N4O/c1-9(2)17-7-6-16(3)11-8-15-5-4-10(11)12(13)14/h4-5,8-9H,6-7H2,1-3H3,(H3,13,14). The largest absolute Gasteiger partial charge is 0.384 e. The molecule has 0 unspecified atom stereocenters. The average Bonchev–Trinajstić information content (AvgIpc) is 2.28. The molecule has 0 aliphatic carbocycles. The maximum absolute atomic E-state index is 7.51. The van der Waals surface area contributed by atoms with Gasteiger partial charge in [0, 0.05) is 25.4 Å². The lowest BCUT2D eigenvalue weighted by Gasteiger charge is -2.22. The van der Waals surface area contributed by atoms with Gasteiger partial charge in [0.15, 0.2) is 0 Å². The summed E-state index contributed by atoms with van der Waals surface area (Å²) in [5.74, 6) is 0.0547. The number of anilines is 1. The van der Waals surface area contributed by atoms with Gasteiger partial charge >= 0.3 is 0 Å². The number of pyridine rings is 1. The van der Waals surface area contributed by atoms with Gasteiger partial charge in [-0.15, -0.1) is 0 Å². The number of hydrogen-bond acceptors (Lipinski definition) is 4. The molecule has 0 atom stereocenters. The molecule has 0 saturated carbocycles. The van der Waals surface area contributed by atoms with Crippen molar-refractivity contribution in [2.24, 2.45) is 5.73 Å². The van der Waals surface area contributed by atoms with Crippen molar-refractivity contribution in [2.75, 3.05) is 25.1 Å². The highest BCUT2D eigenvalue weighted by molar-refractivity contribution is 6.00. The first-order valence-corrected chi connectivity index (χ1v) is 5.63. The summed E-state index contributed by atoms with van der Waals surface area (Å²) in [6.07, 6.45) is 3.58. The highest BCUT2D eigenvalue weighted by atomic mass is 16.5. The molecule has 0 saturated heterocycles. The number of hydrogen-bond donors (Lipinski definition) is 2. The lowest BCUT2D eigenvalue weighted by atomic mass is 10.2. The van der Waals surface area contributed by atoms with Gasteiger partial charge in [0.25, 0.3) is 0 Å². The van der Waals surface area contributed by atoms with Crippen LogP contribution in [-0.4, -0.2) is 37.1 Å². The van der Waals surface area contributed by atoms with Crippen molar-refractivity contribution in [3.63, 3.8) is 0 Å². The van der Waals surface area contributed by atoms with Gasteiger partial charge in [-0.2, -0.15) is 0 Å². The Hall–Kier alpha value is -1.62. The predicted molar refractivity (Wildman–Crippen MR) is 69.6 cm³/mol. The zero-order valence-electron chi connectivity index (χ0n) is 10.6. The molecule has 5 nitrogen and oxygen atoms in total. The van der Waals surface area contributed by atoms with Crippen LogP contribution in [0.3, 0.4) is 0 Å². The van der Waals surface area contributed by atoms with Gasteiger partial charge in [-0.1, -0.05) is 0 Å². The summed E-state index contributed by atoms with van der Waals surface area (Å²) in [6.45, 7) is 5.39. The molecule has 1 aromatic rings. The van der Waals surface area contributed by atoms with Crippen LogP contribution >= 0.6 is 0 Å². The van der Waals surface area contributed by atoms with Crippen LogP contribution in [-0.2, 0) is 4.74 Å². The van der Waals surface area contributed by atoms with E-state index in [2.05, 4.69) is 4.98 Å². The van der Waals surface area contributed by atoms with E-state index in [1.54, 1.807) is 18.5 Å². The topological polar surface area (TPSA) is 75.2 Å². The number of ether oxygens (including phenoxy) is 1. The van der Waals surface area contributed by atoms with E-state index < -0.39 is 0 Å². The van der Waals surface area contributed by atoms with Crippen molar-refractivity contribution >= 4 is 11.5 Å². The van der Waals surface area contributed by atoms with Gasteiger partial charge in [-0.05, 0) is 19.9 Å². The Balaban J connectivity index is 2.68. The number of nitrogens with zero attached hydrogens (tertiary/aromatic N) is 2. The number of rotatable bonds is 6. The van der Waals surface area contributed by atoms with Crippen LogP contribution in [0.1, 0.15) is 19.4 Å². The van der Waals surface area contributed by atoms with Crippen molar-refractivity contribution in [1.82, 2.24) is 4.98 Å². The molecule has 1 aromatic heterocycles. The Labute approximate surface area is 102 Å². The van der Waals surface area contributed by atoms with Crippen molar-refractivity contribution in [1.29, 1.82) is 5.41 Å². The second kappa shape index (κ2) is 6.20. The molecule has 5 heteroatoms. The fraction of sp³-hybridized carbons (Fsp3) is 0.500. The summed E-state index contributed by atoms with van der Waals surface area (Å²) >= 11 is 0. The molecular weight excluding hydrogens is 216 g/mol. The van der Waals surface area contributed by atoms with Crippen LogP contribution in [0.15, 0.2) is 18.5 Å². The lowest BCUT2D eigenvalue weighted by molar-refractivity contribution is 0.0846. The SMILES string of the molecule is CC(C)OCCN(C)c1cnccc1C(=N)N. The van der Waals surface area contributed by atoms with Crippen LogP contribution in [0, 0.1) is 5.41 Å². The second-order valence-corrected chi connectivity index (χ2v) is 4.15. The van der Waals surface area contributed by atoms with Gasteiger partial charge in [0.2, 0.25) is 0 Å². The number of nitrogens with one attached hydrogen (secondary N) is 1. The summed E-state index contributed by atoms with van der Waals surface area (Å²) in [5, 5.41) is 7.51. The molecule has 1 heterocycles. The van der Waals surface area contributed by atoms with Gasteiger partial charge in [0.05, 0.1) is 24.6 Å². The Morgan fingerprint density at radius 3 is 2.88 bits per heavy atom. The van der Waals surface area contributed by atoms with Crippen LogP contribution in [0.2, 0.25) is 0 Å². The molecule has 0 amide bonds. The third-order valence-electron chi connectivity index (χ3n) is 2.38. The van der Waals surface area contributed by atoms with Gasteiger partial charge < -0.3 is 15.4 Å². The zero-order valence-corrected chi connectivity index (χ0v) is 10.6. The van der Waals surface area contributed by atoms with Crippen LogP contribution in [0.4, 0.5) is 5.69 Å². The molecule has 1 rings (SSSR count). The molecule has 0 aliphatic rings. The normalized spacial score (nSPS) is 10.6. The number of aromatic nitrogens is 1. The summed E-state index contributed by atoms with van der Waals surface area (Å²) in [5.41, 5.74) is 7.08. The molecule has 0 aliphatic heterocycles. The van der Waals surface area contributed by atoms with E-state index in [-0.39, 0.29) is 11.9 Å². The molecule has 0 aromatic carbocycles. The summed E-state index contributed by atoms with van der Waals surface area (Å²) in [6, 6.07) is 1.75. The van der Waals surface area contributed by atoms with Crippen LogP contribution in [0.5, 0.6) is 0 Å². The molecule has 0 spiro atoms. The molecule has 17 heavy (non-hydrogen) atoms. The van der Waals surface area contributed by atoms with E-state index in [9.17, 15) is 0 Å². The van der Waals surface area contributed by atoms with Crippen molar-refractivity contribution < 1.29 is 4.74 Å². The fourth-order valence-electron chi connectivity index (χ4n) is 1.46. The summed E-state index contributed by atoms with van der Waals surface area (Å²) < 4.78 is 5.49. The highest BCUT2D eigenvalue weighted by Crippen LogP contribution is 2.16. The second-order valence-electron chi connectivity index (χ2n) is 4.15. The van der Waals surface area contributed by atoms with Crippen LogP contribution in [0.25, 0.3) is 0 Å². The number of amidine groups is 1. The maximum atomic E-state index is 7.51. The molecular formula is C12H20N4O. The Morgan fingerprint density at radius 2 is 2.29 bits per heavy atom. The third-order valence-corrected chi connectivity index (χ3v) is 2.38. The minimum atomic E-state index is 0.0547. The first kappa shape index (κ1) is 13.4. The first-order chi connectivity index (χ1) is 8.02. The van der Waals surface area contributed by atoms with E-state index in [4.69, 9.17) is 15.9 Å². The van der Waals surface area contributed by atoms with Crippen LogP contribution < -0.4 is 10.6 Å². The minimum absolute atomic E-state index is 0.0547. The van der Waals surface area contributed by atoms with Gasteiger partial charge in [0.1, 0.15) is 5.84 Å². The summed E-state index contributed by atoms with van der Waals surface area (Å²) in [7, 11) is 1.94. The Kier molecular flexibility index (Phi) is 4.90. The van der Waals surface area contributed by atoms with Crippen molar-refractivity contribution in [3.8, 4) is 0 Å². The van der Waals surface area contributed by atoms with Crippen molar-refractivity contribution in [3.05, 3.63) is 24.0 Å². The van der Waals surface area contributed by atoms with E-state index in [0.717, 1.165) is 12.2 Å². The van der Waals surface area contributed by atoms with E-state index >= 15 is 0 Å². The quantitative estimate of drug-likeness (QED) is 0.575. The molecule has 3 N–H and O–H groups in total. The Morgan fingerprint density at radius 1 is 1.59 bits per heavy atom. The molecule has 0 radical (unpaired) electrons. The summed E-state index contributed by atoms with van der Waals surface area (Å²) in [4.78, 5) is 6.05. The van der Waals surface area contributed by atoms with E-state index in [1.807, 2.05) is 25.8 Å². The fourth-order valence-corrected chi connectivity index (χ4v) is 1.46.